The number of carbonyl (C=O) groups is 3. The lowest BCUT2D eigenvalue weighted by molar-refractivity contribution is -0.127. The first kappa shape index (κ1) is 22.4. The van der Waals surface area contributed by atoms with Gasteiger partial charge in [-0.2, -0.15) is 0 Å². The van der Waals surface area contributed by atoms with Crippen LogP contribution in [-0.2, 0) is 9.59 Å². The third kappa shape index (κ3) is 5.67. The molecule has 1 fully saturated rings. The number of amides is 3. The van der Waals surface area contributed by atoms with Crippen molar-refractivity contribution in [3.8, 4) is 11.5 Å². The van der Waals surface area contributed by atoms with Gasteiger partial charge in [0.25, 0.3) is 11.1 Å². The lowest BCUT2D eigenvalue weighted by Gasteiger charge is -2.15. The van der Waals surface area contributed by atoms with Crippen molar-refractivity contribution >= 4 is 40.6 Å². The van der Waals surface area contributed by atoms with Crippen LogP contribution in [0.1, 0.15) is 25.8 Å². The molecule has 31 heavy (non-hydrogen) atoms. The fraction of sp³-hybridized carbons (Fsp3) is 0.261. The Bertz CT molecular complexity index is 1000. The van der Waals surface area contributed by atoms with Crippen LogP contribution in [0, 0.1) is 0 Å². The number of nitrogens with zero attached hydrogens (tertiary/aromatic N) is 1. The highest BCUT2D eigenvalue weighted by molar-refractivity contribution is 8.18. The number of carbonyl (C=O) groups excluding carboxylic acids is 3. The highest BCUT2D eigenvalue weighted by Crippen LogP contribution is 2.34. The molecule has 0 spiro atoms. The van der Waals surface area contributed by atoms with Crippen LogP contribution in [0.2, 0.25) is 0 Å². The second kappa shape index (κ2) is 10.2. The average molecular weight is 441 g/mol. The quantitative estimate of drug-likeness (QED) is 0.607. The predicted octanol–water partition coefficient (Wildman–Crippen LogP) is 4.55. The van der Waals surface area contributed by atoms with Crippen LogP contribution in [-0.4, -0.2) is 41.7 Å². The summed E-state index contributed by atoms with van der Waals surface area (Å²) in [4.78, 5) is 38.7. The third-order valence-electron chi connectivity index (χ3n) is 4.66. The lowest BCUT2D eigenvalue weighted by Crippen LogP contribution is -2.36. The molecule has 0 bridgehead atoms. The maximum Gasteiger partial charge on any atom is 0.294 e. The standard InChI is InChI=1S/C23H24N2O5S/c1-4-15(2)30-19-8-6-5-7-16(19)13-20-22(27)25(23(28)31-20)14-21(26)24-17-9-11-18(29-3)12-10-17/h5-13,15H,4,14H2,1-3H3,(H,24,26)/b20-13+/t15-/m1/s1. The summed E-state index contributed by atoms with van der Waals surface area (Å²) >= 11 is 0.810. The predicted molar refractivity (Wildman–Crippen MR) is 121 cm³/mol. The van der Waals surface area contributed by atoms with E-state index in [4.69, 9.17) is 9.47 Å². The SMILES string of the molecule is CC[C@@H](C)Oc1ccccc1/C=C1/SC(=O)N(CC(=O)Nc2ccc(OC)cc2)C1=O. The van der Waals surface area contributed by atoms with E-state index in [0.717, 1.165) is 23.1 Å². The monoisotopic (exact) mass is 440 g/mol. The van der Waals surface area contributed by atoms with E-state index in [-0.39, 0.29) is 17.6 Å². The first-order valence-corrected chi connectivity index (χ1v) is 10.7. The molecule has 1 N–H and O–H groups in total. The molecule has 1 saturated heterocycles. The minimum Gasteiger partial charge on any atom is -0.497 e. The Morgan fingerprint density at radius 1 is 1.16 bits per heavy atom. The third-order valence-corrected chi connectivity index (χ3v) is 5.57. The minimum atomic E-state index is -0.502. The van der Waals surface area contributed by atoms with Crippen molar-refractivity contribution in [1.82, 2.24) is 4.90 Å². The summed E-state index contributed by atoms with van der Waals surface area (Å²) in [5, 5.41) is 2.19. The van der Waals surface area contributed by atoms with Crippen molar-refractivity contribution in [3.63, 3.8) is 0 Å². The summed E-state index contributed by atoms with van der Waals surface area (Å²) in [7, 11) is 1.55. The molecule has 2 aromatic rings. The number of hydrogen-bond donors (Lipinski definition) is 1. The second-order valence-electron chi connectivity index (χ2n) is 6.92. The van der Waals surface area contributed by atoms with Gasteiger partial charge in [-0.3, -0.25) is 19.3 Å². The molecule has 0 radical (unpaired) electrons. The molecule has 162 valence electrons. The van der Waals surface area contributed by atoms with E-state index in [9.17, 15) is 14.4 Å². The zero-order valence-corrected chi connectivity index (χ0v) is 18.4. The summed E-state index contributed by atoms with van der Waals surface area (Å²) in [6, 6.07) is 14.1. The van der Waals surface area contributed by atoms with Crippen LogP contribution in [0.25, 0.3) is 6.08 Å². The molecule has 0 saturated carbocycles. The van der Waals surface area contributed by atoms with Crippen LogP contribution in [0.4, 0.5) is 10.5 Å². The lowest BCUT2D eigenvalue weighted by atomic mass is 10.1. The van der Waals surface area contributed by atoms with E-state index in [1.807, 2.05) is 38.1 Å². The van der Waals surface area contributed by atoms with Crippen molar-refractivity contribution in [1.29, 1.82) is 0 Å². The average Bonchev–Trinajstić information content (AvgIpc) is 3.02. The number of para-hydroxylation sites is 1. The summed E-state index contributed by atoms with van der Waals surface area (Å²) in [6.45, 7) is 3.63. The summed E-state index contributed by atoms with van der Waals surface area (Å²) in [5.41, 5.74) is 1.25. The van der Waals surface area contributed by atoms with E-state index < -0.39 is 17.1 Å². The number of methoxy groups -OCH3 is 1. The molecule has 0 unspecified atom stereocenters. The Hall–Kier alpha value is -3.26. The number of anilines is 1. The first-order valence-electron chi connectivity index (χ1n) is 9.86. The van der Waals surface area contributed by atoms with Gasteiger partial charge in [0.05, 0.1) is 18.1 Å². The maximum absolute atomic E-state index is 12.8. The number of nitrogens with one attached hydrogen (secondary N) is 1. The van der Waals surface area contributed by atoms with E-state index in [0.29, 0.717) is 22.7 Å². The molecule has 3 amide bonds. The van der Waals surface area contributed by atoms with E-state index in [1.165, 1.54) is 0 Å². The molecule has 1 atom stereocenters. The molecule has 0 aromatic heterocycles. The minimum absolute atomic E-state index is 0.0197. The zero-order valence-electron chi connectivity index (χ0n) is 17.6. The van der Waals surface area contributed by atoms with Crippen LogP contribution in [0.5, 0.6) is 11.5 Å². The van der Waals surface area contributed by atoms with Gasteiger partial charge in [0.1, 0.15) is 18.0 Å². The Morgan fingerprint density at radius 2 is 1.87 bits per heavy atom. The number of benzene rings is 2. The maximum atomic E-state index is 12.8. The molecule has 1 aliphatic heterocycles. The fourth-order valence-electron chi connectivity index (χ4n) is 2.80. The first-order chi connectivity index (χ1) is 14.9. The van der Waals surface area contributed by atoms with E-state index in [2.05, 4.69) is 5.32 Å². The molecule has 1 aliphatic rings. The van der Waals surface area contributed by atoms with Crippen molar-refractivity contribution in [2.75, 3.05) is 19.0 Å². The Balaban J connectivity index is 1.70. The van der Waals surface area contributed by atoms with Crippen LogP contribution >= 0.6 is 11.8 Å². The molecular formula is C23H24N2O5S. The summed E-state index contributed by atoms with van der Waals surface area (Å²) in [6.07, 6.45) is 2.49. The van der Waals surface area contributed by atoms with Crippen LogP contribution in [0.3, 0.4) is 0 Å². The van der Waals surface area contributed by atoms with Crippen LogP contribution in [0.15, 0.2) is 53.4 Å². The van der Waals surface area contributed by atoms with Crippen molar-refractivity contribution in [3.05, 3.63) is 59.0 Å². The van der Waals surface area contributed by atoms with Gasteiger partial charge in [-0.15, -0.1) is 0 Å². The number of thioether (sulfide) groups is 1. The Morgan fingerprint density at radius 3 is 2.55 bits per heavy atom. The van der Waals surface area contributed by atoms with Gasteiger partial charge in [-0.25, -0.2) is 0 Å². The normalized spacial score (nSPS) is 15.8. The number of hydrogen-bond acceptors (Lipinski definition) is 6. The second-order valence-corrected chi connectivity index (χ2v) is 7.91. The van der Waals surface area contributed by atoms with E-state index >= 15 is 0 Å². The van der Waals surface area contributed by atoms with Gasteiger partial charge >= 0.3 is 0 Å². The van der Waals surface area contributed by atoms with Gasteiger partial charge in [-0.05, 0) is 61.5 Å². The van der Waals surface area contributed by atoms with E-state index in [1.54, 1.807) is 37.5 Å². The smallest absolute Gasteiger partial charge is 0.294 e. The van der Waals surface area contributed by atoms with Gasteiger partial charge in [-0.1, -0.05) is 25.1 Å². The highest BCUT2D eigenvalue weighted by Gasteiger charge is 2.36. The molecule has 8 heteroatoms. The molecule has 3 rings (SSSR count). The highest BCUT2D eigenvalue weighted by atomic mass is 32.2. The Labute approximate surface area is 185 Å². The van der Waals surface area contributed by atoms with Crippen LogP contribution < -0.4 is 14.8 Å². The number of rotatable bonds is 8. The summed E-state index contributed by atoms with van der Waals surface area (Å²) < 4.78 is 11.0. The summed E-state index contributed by atoms with van der Waals surface area (Å²) in [5.74, 6) is 0.333. The number of ether oxygens (including phenoxy) is 2. The van der Waals surface area contributed by atoms with Gasteiger partial charge in [0.15, 0.2) is 0 Å². The number of imide groups is 1. The topological polar surface area (TPSA) is 84.9 Å². The van der Waals surface area contributed by atoms with Crippen molar-refractivity contribution in [2.45, 2.75) is 26.4 Å². The van der Waals surface area contributed by atoms with Gasteiger partial charge in [0, 0.05) is 11.3 Å². The molecule has 7 nitrogen and oxygen atoms in total. The largest absolute Gasteiger partial charge is 0.497 e. The zero-order chi connectivity index (χ0) is 22.4. The molecule has 1 heterocycles. The molecular weight excluding hydrogens is 416 g/mol. The fourth-order valence-corrected chi connectivity index (χ4v) is 3.63. The van der Waals surface area contributed by atoms with Gasteiger partial charge < -0.3 is 14.8 Å². The molecule has 2 aromatic carbocycles. The van der Waals surface area contributed by atoms with Crippen molar-refractivity contribution in [2.24, 2.45) is 0 Å². The van der Waals surface area contributed by atoms with Crippen molar-refractivity contribution < 1.29 is 23.9 Å². The Kier molecular flexibility index (Phi) is 7.36. The molecule has 0 aliphatic carbocycles. The van der Waals surface area contributed by atoms with Gasteiger partial charge in [0.2, 0.25) is 5.91 Å².